The molecule has 0 amide bonds. The highest BCUT2D eigenvalue weighted by atomic mass is 32.1. The average molecular weight is 400 g/mol. The van der Waals surface area contributed by atoms with E-state index in [9.17, 15) is 0 Å². The van der Waals surface area contributed by atoms with Crippen LogP contribution in [-0.4, -0.2) is 24.5 Å². The predicted molar refractivity (Wildman–Crippen MR) is 121 cm³/mol. The molecule has 0 radical (unpaired) electrons. The molecule has 2 aromatic rings. The molecule has 0 spiro atoms. The zero-order chi connectivity index (χ0) is 20.4. The molecular weight excluding hydrogens is 370 g/mol. The van der Waals surface area contributed by atoms with Gasteiger partial charge in [0.1, 0.15) is 11.5 Å². The van der Waals surface area contributed by atoms with Gasteiger partial charge in [0.2, 0.25) is 0 Å². The molecule has 0 bridgehead atoms. The largest absolute Gasteiger partial charge is 0.493 e. The van der Waals surface area contributed by atoms with Gasteiger partial charge in [0.15, 0.2) is 5.11 Å². The summed E-state index contributed by atoms with van der Waals surface area (Å²) in [4.78, 5) is 0. The number of benzene rings is 2. The molecule has 0 unspecified atom stereocenters. The van der Waals surface area contributed by atoms with Gasteiger partial charge in [0.25, 0.3) is 0 Å². The highest BCUT2D eigenvalue weighted by Gasteiger charge is 2.05. The van der Waals surface area contributed by atoms with Crippen LogP contribution in [0.5, 0.6) is 11.5 Å². The van der Waals surface area contributed by atoms with Gasteiger partial charge in [-0.2, -0.15) is 5.10 Å². The van der Waals surface area contributed by atoms with E-state index in [1.807, 2.05) is 32.0 Å². The number of hydrogen-bond donors (Lipinski definition) is 2. The Kier molecular flexibility index (Phi) is 8.75. The Morgan fingerprint density at radius 3 is 2.54 bits per heavy atom. The second-order valence-electron chi connectivity index (χ2n) is 6.54. The number of anilines is 1. The van der Waals surface area contributed by atoms with Crippen molar-refractivity contribution in [1.82, 2.24) is 5.43 Å². The van der Waals surface area contributed by atoms with Crippen LogP contribution in [0.2, 0.25) is 0 Å². The van der Waals surface area contributed by atoms with Gasteiger partial charge in [-0.05, 0) is 68.2 Å². The molecule has 2 rings (SSSR count). The van der Waals surface area contributed by atoms with E-state index < -0.39 is 0 Å². The Bertz CT molecular complexity index is 821. The van der Waals surface area contributed by atoms with E-state index in [-0.39, 0.29) is 0 Å². The zero-order valence-corrected chi connectivity index (χ0v) is 17.9. The van der Waals surface area contributed by atoms with Gasteiger partial charge >= 0.3 is 0 Å². The lowest BCUT2D eigenvalue weighted by Crippen LogP contribution is -2.24. The summed E-state index contributed by atoms with van der Waals surface area (Å²) in [5.41, 5.74) is 6.98. The number of nitrogens with one attached hydrogen (secondary N) is 2. The standard InChI is InChI=1S/C22H29N3O2S/c1-5-11-26-19-10-9-18(21(14-19)27-12-6-2)15-23-25-22(28)24-20-13-16(3)7-8-17(20)4/h7-10,13-15H,5-6,11-12H2,1-4H3,(H2,24,25,28). The number of nitrogens with zero attached hydrogens (tertiary/aromatic N) is 1. The molecular formula is C22H29N3O2S. The zero-order valence-electron chi connectivity index (χ0n) is 17.0. The summed E-state index contributed by atoms with van der Waals surface area (Å²) in [6.45, 7) is 9.55. The normalized spacial score (nSPS) is 10.7. The third kappa shape index (κ3) is 6.85. The predicted octanol–water partition coefficient (Wildman–Crippen LogP) is 5.20. The Morgan fingerprint density at radius 1 is 1.04 bits per heavy atom. The Balaban J connectivity index is 2.03. The second-order valence-corrected chi connectivity index (χ2v) is 6.95. The number of hydrogen-bond acceptors (Lipinski definition) is 4. The molecule has 150 valence electrons. The van der Waals surface area contributed by atoms with Gasteiger partial charge in [-0.25, -0.2) is 0 Å². The number of rotatable bonds is 9. The molecule has 0 atom stereocenters. The Hall–Kier alpha value is -2.60. The molecule has 0 saturated heterocycles. The van der Waals surface area contributed by atoms with E-state index in [1.54, 1.807) is 6.21 Å². The third-order valence-electron chi connectivity index (χ3n) is 3.93. The first-order valence-electron chi connectivity index (χ1n) is 9.60. The first-order chi connectivity index (χ1) is 13.5. The summed E-state index contributed by atoms with van der Waals surface area (Å²) >= 11 is 5.34. The van der Waals surface area contributed by atoms with Gasteiger partial charge in [-0.1, -0.05) is 26.0 Å². The van der Waals surface area contributed by atoms with Crippen LogP contribution in [0.15, 0.2) is 41.5 Å². The monoisotopic (exact) mass is 399 g/mol. The maximum atomic E-state index is 5.84. The van der Waals surface area contributed by atoms with Gasteiger partial charge in [-0.15, -0.1) is 0 Å². The summed E-state index contributed by atoms with van der Waals surface area (Å²) in [5.74, 6) is 1.54. The van der Waals surface area contributed by atoms with Crippen LogP contribution in [0.4, 0.5) is 5.69 Å². The maximum Gasteiger partial charge on any atom is 0.191 e. The number of ether oxygens (including phenoxy) is 2. The van der Waals surface area contributed by atoms with E-state index in [0.29, 0.717) is 18.3 Å². The molecule has 0 heterocycles. The van der Waals surface area contributed by atoms with Crippen molar-refractivity contribution >= 4 is 29.2 Å². The molecule has 6 heteroatoms. The van der Waals surface area contributed by atoms with E-state index in [1.165, 1.54) is 5.56 Å². The van der Waals surface area contributed by atoms with Crippen LogP contribution in [-0.2, 0) is 0 Å². The van der Waals surface area contributed by atoms with E-state index in [2.05, 4.69) is 47.9 Å². The maximum absolute atomic E-state index is 5.84. The van der Waals surface area contributed by atoms with Crippen molar-refractivity contribution in [3.63, 3.8) is 0 Å². The minimum Gasteiger partial charge on any atom is -0.493 e. The average Bonchev–Trinajstić information content (AvgIpc) is 2.68. The molecule has 0 aliphatic heterocycles. The lowest BCUT2D eigenvalue weighted by atomic mass is 10.1. The molecule has 0 aliphatic rings. The molecule has 2 aromatic carbocycles. The molecule has 2 N–H and O–H groups in total. The molecule has 0 saturated carbocycles. The Labute approximate surface area is 173 Å². The minimum atomic E-state index is 0.434. The fourth-order valence-corrected chi connectivity index (χ4v) is 2.61. The fourth-order valence-electron chi connectivity index (χ4n) is 2.45. The van der Waals surface area contributed by atoms with Crippen LogP contribution in [0.25, 0.3) is 0 Å². The topological polar surface area (TPSA) is 54.9 Å². The highest BCUT2D eigenvalue weighted by Crippen LogP contribution is 2.24. The smallest absolute Gasteiger partial charge is 0.191 e. The molecule has 0 aliphatic carbocycles. The van der Waals surface area contributed by atoms with Gasteiger partial charge in [0.05, 0.1) is 19.4 Å². The summed E-state index contributed by atoms with van der Waals surface area (Å²) < 4.78 is 11.5. The van der Waals surface area contributed by atoms with Crippen molar-refractivity contribution in [3.05, 3.63) is 53.1 Å². The van der Waals surface area contributed by atoms with Crippen molar-refractivity contribution < 1.29 is 9.47 Å². The van der Waals surface area contributed by atoms with Gasteiger partial charge < -0.3 is 14.8 Å². The second kappa shape index (κ2) is 11.3. The van der Waals surface area contributed by atoms with Crippen molar-refractivity contribution in [2.24, 2.45) is 5.10 Å². The van der Waals surface area contributed by atoms with Crippen molar-refractivity contribution in [2.75, 3.05) is 18.5 Å². The quantitative estimate of drug-likeness (QED) is 0.345. The lowest BCUT2D eigenvalue weighted by Gasteiger charge is -2.12. The molecule has 5 nitrogen and oxygen atoms in total. The fraction of sp³-hybridized carbons (Fsp3) is 0.364. The summed E-state index contributed by atoms with van der Waals surface area (Å²) in [6.07, 6.45) is 3.59. The minimum absolute atomic E-state index is 0.434. The summed E-state index contributed by atoms with van der Waals surface area (Å²) in [5, 5.41) is 7.86. The van der Waals surface area contributed by atoms with Crippen molar-refractivity contribution in [1.29, 1.82) is 0 Å². The molecule has 0 aromatic heterocycles. The van der Waals surface area contributed by atoms with Crippen LogP contribution in [0, 0.1) is 13.8 Å². The van der Waals surface area contributed by atoms with Crippen LogP contribution in [0.3, 0.4) is 0 Å². The number of thiocarbonyl (C=S) groups is 1. The number of aryl methyl sites for hydroxylation is 2. The van der Waals surface area contributed by atoms with E-state index in [4.69, 9.17) is 21.7 Å². The highest BCUT2D eigenvalue weighted by molar-refractivity contribution is 7.80. The van der Waals surface area contributed by atoms with Crippen LogP contribution < -0.4 is 20.2 Å². The Morgan fingerprint density at radius 2 is 1.79 bits per heavy atom. The first-order valence-corrected chi connectivity index (χ1v) is 10.0. The summed E-state index contributed by atoms with van der Waals surface area (Å²) in [6, 6.07) is 11.9. The summed E-state index contributed by atoms with van der Waals surface area (Å²) in [7, 11) is 0. The SMILES string of the molecule is CCCOc1ccc(C=NNC(=S)Nc2cc(C)ccc2C)c(OCCC)c1. The lowest BCUT2D eigenvalue weighted by molar-refractivity contribution is 0.301. The van der Waals surface area contributed by atoms with Crippen molar-refractivity contribution in [3.8, 4) is 11.5 Å². The molecule has 28 heavy (non-hydrogen) atoms. The number of hydrazone groups is 1. The van der Waals surface area contributed by atoms with Crippen LogP contribution in [0.1, 0.15) is 43.4 Å². The van der Waals surface area contributed by atoms with Gasteiger partial charge in [0, 0.05) is 17.3 Å². The van der Waals surface area contributed by atoms with E-state index >= 15 is 0 Å². The third-order valence-corrected chi connectivity index (χ3v) is 4.12. The van der Waals surface area contributed by atoms with Gasteiger partial charge in [-0.3, -0.25) is 5.43 Å². The molecule has 0 fully saturated rings. The van der Waals surface area contributed by atoms with E-state index in [0.717, 1.165) is 41.2 Å². The first kappa shape index (κ1) is 21.7. The van der Waals surface area contributed by atoms with Crippen LogP contribution >= 0.6 is 12.2 Å². The van der Waals surface area contributed by atoms with Crippen molar-refractivity contribution in [2.45, 2.75) is 40.5 Å².